The van der Waals surface area contributed by atoms with Crippen LogP contribution < -0.4 is 30.0 Å². The third kappa shape index (κ3) is 7.62. The number of nitrogens with zero attached hydrogens (tertiary/aromatic N) is 4. The second-order valence-corrected chi connectivity index (χ2v) is 13.2. The van der Waals surface area contributed by atoms with E-state index in [2.05, 4.69) is 35.5 Å². The smallest absolute Gasteiger partial charge is 0.132 e. The number of aryl methyl sites for hydroxylation is 2. The molecular formula is C42H52N6O6. The van der Waals surface area contributed by atoms with E-state index < -0.39 is 0 Å². The van der Waals surface area contributed by atoms with E-state index in [0.717, 1.165) is 98.6 Å². The van der Waals surface area contributed by atoms with Crippen molar-refractivity contribution in [1.29, 1.82) is 0 Å². The number of benzene rings is 2. The molecule has 1 saturated carbocycles. The molecule has 0 spiro atoms. The van der Waals surface area contributed by atoms with Crippen molar-refractivity contribution in [2.75, 3.05) is 60.3 Å². The average Bonchev–Trinajstić information content (AvgIpc) is 3.88. The molecule has 54 heavy (non-hydrogen) atoms. The Morgan fingerprint density at radius 3 is 1.52 bits per heavy atom. The van der Waals surface area contributed by atoms with E-state index in [1.165, 1.54) is 12.8 Å². The number of hydrogen-bond donors (Lipinski definition) is 2. The van der Waals surface area contributed by atoms with Gasteiger partial charge in [0.05, 0.1) is 98.0 Å². The highest BCUT2D eigenvalue weighted by molar-refractivity contribution is 5.83. The fraction of sp³-hybridized carbons (Fsp3) is 0.381. The molecule has 1 aliphatic rings. The molecule has 0 aliphatic heterocycles. The summed E-state index contributed by atoms with van der Waals surface area (Å²) in [7, 11) is 9.98. The van der Waals surface area contributed by atoms with Gasteiger partial charge in [0.15, 0.2) is 0 Å². The van der Waals surface area contributed by atoms with Gasteiger partial charge in [-0.2, -0.15) is 10.2 Å². The van der Waals surface area contributed by atoms with Crippen molar-refractivity contribution in [3.63, 3.8) is 0 Å². The van der Waals surface area contributed by atoms with E-state index in [1.54, 1.807) is 42.7 Å². The van der Waals surface area contributed by atoms with Crippen LogP contribution in [0.1, 0.15) is 49.2 Å². The topological polar surface area (TPSA) is 128 Å². The second-order valence-electron chi connectivity index (χ2n) is 13.2. The van der Waals surface area contributed by atoms with Gasteiger partial charge in [0.2, 0.25) is 0 Å². The molecular weight excluding hydrogens is 684 g/mol. The molecule has 2 aromatic carbocycles. The minimum atomic E-state index is 0.478. The molecule has 4 heterocycles. The maximum Gasteiger partial charge on any atom is 0.132 e. The van der Waals surface area contributed by atoms with Crippen LogP contribution in [0.5, 0.6) is 23.0 Å². The van der Waals surface area contributed by atoms with Crippen molar-refractivity contribution in [3.05, 3.63) is 83.2 Å². The third-order valence-electron chi connectivity index (χ3n) is 9.70. The highest BCUT2D eigenvalue weighted by Gasteiger charge is 2.24. The van der Waals surface area contributed by atoms with Gasteiger partial charge < -0.3 is 39.5 Å². The molecule has 1 aliphatic carbocycles. The van der Waals surface area contributed by atoms with Crippen LogP contribution >= 0.6 is 0 Å². The van der Waals surface area contributed by atoms with Crippen LogP contribution in [-0.4, -0.2) is 68.4 Å². The van der Waals surface area contributed by atoms with E-state index >= 15 is 0 Å². The number of nitrogen functional groups attached to an aromatic ring is 1. The zero-order valence-corrected chi connectivity index (χ0v) is 32.6. The van der Waals surface area contributed by atoms with Crippen LogP contribution in [0.2, 0.25) is 0 Å². The normalized spacial score (nSPS) is 12.4. The molecule has 4 aromatic heterocycles. The van der Waals surface area contributed by atoms with Crippen LogP contribution in [0.3, 0.4) is 0 Å². The van der Waals surface area contributed by atoms with Crippen molar-refractivity contribution in [2.24, 2.45) is 5.92 Å². The Kier molecular flexibility index (Phi) is 12.1. The van der Waals surface area contributed by atoms with Gasteiger partial charge >= 0.3 is 0 Å². The molecule has 0 unspecified atom stereocenters. The molecule has 0 atom stereocenters. The summed E-state index contributed by atoms with van der Waals surface area (Å²) in [5, 5.41) is 13.3. The monoisotopic (exact) mass is 736 g/mol. The van der Waals surface area contributed by atoms with Gasteiger partial charge in [0.25, 0.3) is 0 Å². The third-order valence-corrected chi connectivity index (χ3v) is 9.70. The Bertz CT molecular complexity index is 2170. The first-order valence-electron chi connectivity index (χ1n) is 18.3. The van der Waals surface area contributed by atoms with E-state index in [0.29, 0.717) is 30.4 Å². The lowest BCUT2D eigenvalue weighted by Gasteiger charge is -2.16. The Labute approximate surface area is 317 Å². The number of hydrogen-bond acceptors (Lipinski definition) is 10. The predicted octanol–water partition coefficient (Wildman–Crippen LogP) is 7.86. The summed E-state index contributed by atoms with van der Waals surface area (Å²) >= 11 is 0. The zero-order chi connectivity index (χ0) is 38.4. The highest BCUT2D eigenvalue weighted by atomic mass is 16.5. The quantitative estimate of drug-likeness (QED) is 0.108. The summed E-state index contributed by atoms with van der Waals surface area (Å²) in [4.78, 5) is 0. The molecule has 0 bridgehead atoms. The first kappa shape index (κ1) is 38.3. The van der Waals surface area contributed by atoms with Gasteiger partial charge in [-0.05, 0) is 91.3 Å². The minimum Gasteiger partial charge on any atom is -0.496 e. The van der Waals surface area contributed by atoms with Gasteiger partial charge in [-0.15, -0.1) is 0 Å². The maximum absolute atomic E-state index is 6.24. The molecule has 12 heteroatoms. The lowest BCUT2D eigenvalue weighted by atomic mass is 10.0. The lowest BCUT2D eigenvalue weighted by Crippen LogP contribution is -2.04. The number of nitrogens with one attached hydrogen (secondary N) is 1. The molecule has 286 valence electrons. The van der Waals surface area contributed by atoms with Crippen LogP contribution in [-0.2, 0) is 35.5 Å². The lowest BCUT2D eigenvalue weighted by molar-refractivity contribution is 0.184. The second kappa shape index (κ2) is 17.1. The predicted molar refractivity (Wildman–Crippen MR) is 213 cm³/mol. The molecule has 7 rings (SSSR count). The van der Waals surface area contributed by atoms with Gasteiger partial charge in [-0.25, -0.2) is 9.03 Å². The van der Waals surface area contributed by atoms with E-state index in [1.807, 2.05) is 58.4 Å². The zero-order valence-electron chi connectivity index (χ0n) is 32.6. The summed E-state index contributed by atoms with van der Waals surface area (Å²) < 4.78 is 37.1. The van der Waals surface area contributed by atoms with Gasteiger partial charge in [-0.3, -0.25) is 0 Å². The van der Waals surface area contributed by atoms with Crippen molar-refractivity contribution in [1.82, 2.24) is 19.2 Å². The number of methoxy groups -OCH3 is 6. The van der Waals surface area contributed by atoms with Crippen LogP contribution in [0.15, 0.2) is 60.7 Å². The summed E-state index contributed by atoms with van der Waals surface area (Å²) in [5.41, 5.74) is 17.5. The number of fused-ring (bicyclic) bond motifs is 2. The Morgan fingerprint density at radius 2 is 1.09 bits per heavy atom. The number of ether oxygens (including phenoxy) is 6. The number of nitrogens with two attached hydrogens (primary N) is 1. The van der Waals surface area contributed by atoms with E-state index in [9.17, 15) is 0 Å². The van der Waals surface area contributed by atoms with Gasteiger partial charge in [-0.1, -0.05) is 26.0 Å². The Hall–Kier alpha value is -5.46. The van der Waals surface area contributed by atoms with Crippen LogP contribution in [0.4, 0.5) is 11.4 Å². The van der Waals surface area contributed by atoms with Crippen LogP contribution in [0, 0.1) is 5.92 Å². The molecule has 6 aromatic rings. The molecule has 1 fully saturated rings. The van der Waals surface area contributed by atoms with Gasteiger partial charge in [0, 0.05) is 20.8 Å². The molecule has 0 amide bonds. The highest BCUT2D eigenvalue weighted by Crippen LogP contribution is 2.42. The van der Waals surface area contributed by atoms with Crippen molar-refractivity contribution < 1.29 is 28.4 Å². The van der Waals surface area contributed by atoms with Crippen LogP contribution in [0.25, 0.3) is 33.5 Å². The summed E-state index contributed by atoms with van der Waals surface area (Å²) in [6, 6.07) is 20.0. The molecule has 12 nitrogen and oxygen atoms in total. The Morgan fingerprint density at radius 1 is 0.648 bits per heavy atom. The average molecular weight is 737 g/mol. The largest absolute Gasteiger partial charge is 0.496 e. The standard InChI is InChI=1S/C23H29N3O3.C19H23N3O3/c1-5-17-23(24-13-15-9-10-15)19-8-6-7-18(26(19)25-17)22-20(28-3)11-16(14-27-2)12-21(22)29-4;1-5-13-19(20)15-8-6-7-14(22(15)21-13)18-16(24-3)9-12(11-23-2)10-17(18)25-4/h6-8,11-12,15,24H,5,9-10,13-14H2,1-4H3;6-10H,5,11,20H2,1-4H3. The maximum atomic E-state index is 6.24. The fourth-order valence-electron chi connectivity index (χ4n) is 6.84. The minimum absolute atomic E-state index is 0.478. The molecule has 0 saturated heterocycles. The van der Waals surface area contributed by atoms with Crippen molar-refractivity contribution in [2.45, 2.75) is 52.7 Å². The van der Waals surface area contributed by atoms with Crippen molar-refractivity contribution >= 4 is 22.4 Å². The summed E-state index contributed by atoms with van der Waals surface area (Å²) in [6.45, 7) is 6.17. The number of anilines is 2. The first-order chi connectivity index (χ1) is 26.3. The van der Waals surface area contributed by atoms with Crippen molar-refractivity contribution in [3.8, 4) is 45.5 Å². The summed E-state index contributed by atoms with van der Waals surface area (Å²) in [5.74, 6) is 3.68. The Balaban J connectivity index is 0.000000186. The molecule has 0 radical (unpaired) electrons. The SMILES string of the molecule is CCc1nn2c(-c3c(OC)cc(COC)cc3OC)cccc2c1N.CCc1nn2c(-c3c(OC)cc(COC)cc3OC)cccc2c1NCC1CC1. The van der Waals surface area contributed by atoms with E-state index in [-0.39, 0.29) is 0 Å². The number of pyridine rings is 2. The van der Waals surface area contributed by atoms with E-state index in [4.69, 9.17) is 39.3 Å². The first-order valence-corrected chi connectivity index (χ1v) is 18.3. The summed E-state index contributed by atoms with van der Waals surface area (Å²) in [6.07, 6.45) is 4.28. The van der Waals surface area contributed by atoms with Gasteiger partial charge in [0.1, 0.15) is 23.0 Å². The fourth-order valence-corrected chi connectivity index (χ4v) is 6.84. The molecule has 3 N–H and O–H groups in total. The number of aromatic nitrogens is 4. The number of rotatable bonds is 15.